The maximum absolute atomic E-state index is 12.1. The van der Waals surface area contributed by atoms with E-state index in [1.807, 2.05) is 0 Å². The number of aryl methyl sites for hydroxylation is 1. The number of rotatable bonds is 4. The number of carbonyl (C=O) groups excluding carboxylic acids is 1. The Kier molecular flexibility index (Phi) is 3.69. The Morgan fingerprint density at radius 3 is 2.65 bits per heavy atom. The summed E-state index contributed by atoms with van der Waals surface area (Å²) >= 11 is 0. The number of carboxylic acids is 1. The highest BCUT2D eigenvalue weighted by Crippen LogP contribution is 2.13. The van der Waals surface area contributed by atoms with Crippen LogP contribution in [0.1, 0.15) is 24.2 Å². The Morgan fingerprint density at radius 2 is 2.05 bits per heavy atom. The van der Waals surface area contributed by atoms with E-state index in [0.29, 0.717) is 16.6 Å². The monoisotopic (exact) mass is 276 g/mol. The molecular formula is C13H16N4O3. The molecule has 2 rings (SSSR count). The number of benzene rings is 1. The summed E-state index contributed by atoms with van der Waals surface area (Å²) in [7, 11) is 1.73. The third-order valence-corrected chi connectivity index (χ3v) is 3.09. The normalized spacial score (nSPS) is 12.6. The van der Waals surface area contributed by atoms with Gasteiger partial charge >= 0.3 is 5.97 Å². The number of nitrogens with one attached hydrogen (secondary N) is 1. The highest BCUT2D eigenvalue weighted by molar-refractivity contribution is 5.99. The maximum Gasteiger partial charge on any atom is 0.326 e. The Morgan fingerprint density at radius 1 is 1.35 bits per heavy atom. The molecule has 2 aromatic rings. The number of fused-ring (bicyclic) bond motifs is 1. The summed E-state index contributed by atoms with van der Waals surface area (Å²) < 4.78 is 1.56. The summed E-state index contributed by atoms with van der Waals surface area (Å²) in [6, 6.07) is 4.01. The molecule has 1 aromatic carbocycles. The minimum Gasteiger partial charge on any atom is -0.480 e. The number of aromatic nitrogens is 3. The van der Waals surface area contributed by atoms with Crippen LogP contribution in [-0.4, -0.2) is 38.0 Å². The lowest BCUT2D eigenvalue weighted by Gasteiger charge is -2.17. The number of aliphatic carboxylic acids is 1. The van der Waals surface area contributed by atoms with E-state index in [4.69, 9.17) is 5.11 Å². The first-order valence-electron chi connectivity index (χ1n) is 6.23. The van der Waals surface area contributed by atoms with E-state index < -0.39 is 17.9 Å². The molecule has 0 radical (unpaired) electrons. The summed E-state index contributed by atoms with van der Waals surface area (Å²) in [6.45, 7) is 3.49. The van der Waals surface area contributed by atoms with Crippen molar-refractivity contribution in [3.8, 4) is 0 Å². The number of nitrogens with zero attached hydrogens (tertiary/aromatic N) is 3. The van der Waals surface area contributed by atoms with Crippen LogP contribution >= 0.6 is 0 Å². The Labute approximate surface area is 115 Å². The molecule has 1 aromatic heterocycles. The van der Waals surface area contributed by atoms with Crippen molar-refractivity contribution in [1.82, 2.24) is 20.3 Å². The van der Waals surface area contributed by atoms with Gasteiger partial charge in [-0.05, 0) is 24.1 Å². The van der Waals surface area contributed by atoms with Gasteiger partial charge in [0.1, 0.15) is 11.6 Å². The van der Waals surface area contributed by atoms with Crippen molar-refractivity contribution in [1.29, 1.82) is 0 Å². The Hall–Kier alpha value is -2.44. The molecule has 2 N–H and O–H groups in total. The van der Waals surface area contributed by atoms with Gasteiger partial charge in [0, 0.05) is 12.6 Å². The van der Waals surface area contributed by atoms with Crippen molar-refractivity contribution in [2.75, 3.05) is 0 Å². The van der Waals surface area contributed by atoms with Gasteiger partial charge in [0.15, 0.2) is 0 Å². The molecule has 1 atom stereocenters. The quantitative estimate of drug-likeness (QED) is 0.861. The molecule has 1 heterocycles. The van der Waals surface area contributed by atoms with E-state index in [1.165, 1.54) is 0 Å². The molecule has 0 aliphatic rings. The lowest BCUT2D eigenvalue weighted by atomic mass is 10.0. The van der Waals surface area contributed by atoms with E-state index in [0.717, 1.165) is 0 Å². The summed E-state index contributed by atoms with van der Waals surface area (Å²) in [5, 5.41) is 19.4. The summed E-state index contributed by atoms with van der Waals surface area (Å²) in [6.07, 6.45) is 0. The molecule has 0 aliphatic heterocycles. The Balaban J connectivity index is 2.26. The van der Waals surface area contributed by atoms with Crippen LogP contribution in [0.25, 0.3) is 11.0 Å². The zero-order valence-corrected chi connectivity index (χ0v) is 11.5. The first kappa shape index (κ1) is 14.0. The van der Waals surface area contributed by atoms with Crippen molar-refractivity contribution in [3.05, 3.63) is 23.8 Å². The van der Waals surface area contributed by atoms with Gasteiger partial charge in [-0.3, -0.25) is 4.79 Å². The fourth-order valence-electron chi connectivity index (χ4n) is 1.91. The van der Waals surface area contributed by atoms with Crippen LogP contribution in [0.3, 0.4) is 0 Å². The van der Waals surface area contributed by atoms with E-state index in [2.05, 4.69) is 15.6 Å². The number of hydrogen-bond acceptors (Lipinski definition) is 4. The van der Waals surface area contributed by atoms with Crippen molar-refractivity contribution < 1.29 is 14.7 Å². The van der Waals surface area contributed by atoms with Gasteiger partial charge in [-0.2, -0.15) is 0 Å². The Bertz CT molecular complexity index is 663. The van der Waals surface area contributed by atoms with Crippen molar-refractivity contribution >= 4 is 22.9 Å². The molecule has 0 saturated heterocycles. The van der Waals surface area contributed by atoms with Crippen LogP contribution in [0.4, 0.5) is 0 Å². The lowest BCUT2D eigenvalue weighted by Crippen LogP contribution is -2.44. The minimum absolute atomic E-state index is 0.196. The second kappa shape index (κ2) is 5.28. The number of amides is 1. The SMILES string of the molecule is CC(C)[C@@H](NC(=O)c1ccc2nnn(C)c2c1)C(=O)O. The highest BCUT2D eigenvalue weighted by atomic mass is 16.4. The standard InChI is InChI=1S/C13H16N4O3/c1-7(2)11(13(19)20)14-12(18)8-4-5-9-10(6-8)17(3)16-15-9/h4-7,11H,1-3H3,(H,14,18)(H,19,20)/t11-/m1/s1. The van der Waals surface area contributed by atoms with Gasteiger partial charge in [-0.25, -0.2) is 9.48 Å². The predicted molar refractivity (Wildman–Crippen MR) is 72.2 cm³/mol. The topological polar surface area (TPSA) is 97.1 Å². The zero-order valence-electron chi connectivity index (χ0n) is 11.5. The maximum atomic E-state index is 12.1. The molecule has 0 bridgehead atoms. The van der Waals surface area contributed by atoms with Gasteiger partial charge in [-0.1, -0.05) is 19.1 Å². The molecule has 0 unspecified atom stereocenters. The summed E-state index contributed by atoms with van der Waals surface area (Å²) in [5.74, 6) is -1.66. The van der Waals surface area contributed by atoms with Gasteiger partial charge in [0.05, 0.1) is 5.52 Å². The van der Waals surface area contributed by atoms with Crippen molar-refractivity contribution in [2.24, 2.45) is 13.0 Å². The van der Waals surface area contributed by atoms with E-state index in [9.17, 15) is 9.59 Å². The average Bonchev–Trinajstić information content (AvgIpc) is 2.76. The van der Waals surface area contributed by atoms with E-state index in [-0.39, 0.29) is 5.92 Å². The van der Waals surface area contributed by atoms with Crippen LogP contribution in [0.2, 0.25) is 0 Å². The number of carbonyl (C=O) groups is 2. The molecule has 0 aliphatic carbocycles. The second-order valence-corrected chi connectivity index (χ2v) is 4.95. The average molecular weight is 276 g/mol. The number of carboxylic acid groups (broad SMARTS) is 1. The van der Waals surface area contributed by atoms with Gasteiger partial charge in [0.25, 0.3) is 5.91 Å². The van der Waals surface area contributed by atoms with Crippen molar-refractivity contribution in [3.63, 3.8) is 0 Å². The molecule has 0 spiro atoms. The fraction of sp³-hybridized carbons (Fsp3) is 0.385. The van der Waals surface area contributed by atoms with Crippen LogP contribution in [-0.2, 0) is 11.8 Å². The molecule has 20 heavy (non-hydrogen) atoms. The summed E-state index contributed by atoms with van der Waals surface area (Å²) in [4.78, 5) is 23.2. The largest absolute Gasteiger partial charge is 0.480 e. The number of hydrogen-bond donors (Lipinski definition) is 2. The molecule has 7 nitrogen and oxygen atoms in total. The summed E-state index contributed by atoms with van der Waals surface area (Å²) in [5.41, 5.74) is 1.78. The van der Waals surface area contributed by atoms with E-state index >= 15 is 0 Å². The molecule has 7 heteroatoms. The van der Waals surface area contributed by atoms with Crippen LogP contribution in [0, 0.1) is 5.92 Å². The first-order chi connectivity index (χ1) is 9.40. The van der Waals surface area contributed by atoms with E-state index in [1.54, 1.807) is 43.8 Å². The molecule has 0 saturated carbocycles. The van der Waals surface area contributed by atoms with Gasteiger partial charge < -0.3 is 10.4 Å². The zero-order chi connectivity index (χ0) is 14.9. The minimum atomic E-state index is -1.04. The van der Waals surface area contributed by atoms with Gasteiger partial charge in [-0.15, -0.1) is 5.10 Å². The predicted octanol–water partition coefficient (Wildman–Crippen LogP) is 0.807. The smallest absolute Gasteiger partial charge is 0.326 e. The first-order valence-corrected chi connectivity index (χ1v) is 6.23. The van der Waals surface area contributed by atoms with Crippen LogP contribution in [0.5, 0.6) is 0 Å². The lowest BCUT2D eigenvalue weighted by molar-refractivity contribution is -0.140. The fourth-order valence-corrected chi connectivity index (χ4v) is 1.91. The third-order valence-electron chi connectivity index (χ3n) is 3.09. The highest BCUT2D eigenvalue weighted by Gasteiger charge is 2.24. The van der Waals surface area contributed by atoms with Crippen LogP contribution in [0.15, 0.2) is 18.2 Å². The van der Waals surface area contributed by atoms with Crippen LogP contribution < -0.4 is 5.32 Å². The molecule has 0 fully saturated rings. The molecule has 1 amide bonds. The molecule has 106 valence electrons. The van der Waals surface area contributed by atoms with Gasteiger partial charge in [0.2, 0.25) is 0 Å². The second-order valence-electron chi connectivity index (χ2n) is 4.95. The third kappa shape index (κ3) is 2.61. The van der Waals surface area contributed by atoms with Crippen molar-refractivity contribution in [2.45, 2.75) is 19.9 Å². The molecular weight excluding hydrogens is 260 g/mol.